The third kappa shape index (κ3) is 3.22. The van der Waals surface area contributed by atoms with Crippen LogP contribution < -0.4 is 5.32 Å². The Bertz CT molecular complexity index is 854. The normalized spacial score (nSPS) is 19.8. The van der Waals surface area contributed by atoms with Gasteiger partial charge < -0.3 is 15.2 Å². The summed E-state index contributed by atoms with van der Waals surface area (Å²) in [5.41, 5.74) is 3.62. The van der Waals surface area contributed by atoms with Crippen LogP contribution in [0, 0.1) is 5.41 Å². The van der Waals surface area contributed by atoms with E-state index in [4.69, 9.17) is 9.73 Å². The van der Waals surface area contributed by atoms with Crippen LogP contribution in [0.4, 0.5) is 5.69 Å². The number of ether oxygens (including phenoxy) is 1. The topological polar surface area (TPSA) is 70.9 Å². The van der Waals surface area contributed by atoms with E-state index < -0.39 is 5.97 Å². The second-order valence-corrected chi connectivity index (χ2v) is 7.02. The number of fused-ring (bicyclic) bond motifs is 1. The number of anilines is 1. The number of rotatable bonds is 3. The Labute approximate surface area is 152 Å². The maximum absolute atomic E-state index is 11.2. The maximum atomic E-state index is 11.2. The molecule has 2 aliphatic rings. The first-order valence-corrected chi connectivity index (χ1v) is 8.96. The van der Waals surface area contributed by atoms with Crippen LogP contribution in [-0.2, 0) is 17.7 Å². The molecule has 0 saturated carbocycles. The Hall–Kier alpha value is -2.66. The Balaban J connectivity index is 1.65. The van der Waals surface area contributed by atoms with Gasteiger partial charge >= 0.3 is 5.97 Å². The molecule has 0 aliphatic carbocycles. The number of aliphatic imine (C=N–C) groups is 1. The molecule has 5 heteroatoms. The van der Waals surface area contributed by atoms with Gasteiger partial charge in [0.1, 0.15) is 5.84 Å². The summed E-state index contributed by atoms with van der Waals surface area (Å²) >= 11 is 0. The summed E-state index contributed by atoms with van der Waals surface area (Å²) in [6, 6.07) is 15.4. The molecular formula is C21H22N2O3. The van der Waals surface area contributed by atoms with Gasteiger partial charge in [-0.2, -0.15) is 0 Å². The molecule has 0 atom stereocenters. The maximum Gasteiger partial charge on any atom is 0.335 e. The fraction of sp³-hybridized carbons (Fsp3) is 0.333. The van der Waals surface area contributed by atoms with E-state index in [1.807, 2.05) is 12.1 Å². The molecule has 1 fully saturated rings. The number of hydrogen-bond donors (Lipinski definition) is 2. The van der Waals surface area contributed by atoms with Gasteiger partial charge in [-0.25, -0.2) is 4.79 Å². The second-order valence-electron chi connectivity index (χ2n) is 7.02. The lowest BCUT2D eigenvalue weighted by Crippen LogP contribution is -2.45. The molecule has 1 spiro atoms. The summed E-state index contributed by atoms with van der Waals surface area (Å²) in [4.78, 5) is 16.1. The van der Waals surface area contributed by atoms with E-state index >= 15 is 0 Å². The van der Waals surface area contributed by atoms with Crippen molar-refractivity contribution in [1.82, 2.24) is 0 Å². The minimum absolute atomic E-state index is 0.0169. The highest BCUT2D eigenvalue weighted by molar-refractivity contribution is 6.02. The Morgan fingerprint density at radius 2 is 1.96 bits per heavy atom. The fourth-order valence-corrected chi connectivity index (χ4v) is 3.86. The van der Waals surface area contributed by atoms with Gasteiger partial charge in [0.05, 0.1) is 12.1 Å². The predicted octanol–water partition coefficient (Wildman–Crippen LogP) is 3.75. The first-order valence-electron chi connectivity index (χ1n) is 8.96. The van der Waals surface area contributed by atoms with E-state index in [2.05, 4.69) is 23.5 Å². The molecule has 2 aromatic carbocycles. The van der Waals surface area contributed by atoms with Crippen LogP contribution in [0.5, 0.6) is 0 Å². The monoisotopic (exact) mass is 350 g/mol. The van der Waals surface area contributed by atoms with Crippen molar-refractivity contribution in [1.29, 1.82) is 0 Å². The molecule has 2 N–H and O–H groups in total. The van der Waals surface area contributed by atoms with Crippen LogP contribution in [0.2, 0.25) is 0 Å². The number of para-hydroxylation sites is 1. The van der Waals surface area contributed by atoms with Crippen LogP contribution >= 0.6 is 0 Å². The highest BCUT2D eigenvalue weighted by atomic mass is 16.5. The summed E-state index contributed by atoms with van der Waals surface area (Å²) in [5, 5.41) is 12.7. The predicted molar refractivity (Wildman–Crippen MR) is 101 cm³/mol. The lowest BCUT2D eigenvalue weighted by Gasteiger charge is -2.42. The third-order valence-corrected chi connectivity index (χ3v) is 5.35. The lowest BCUT2D eigenvalue weighted by atomic mass is 9.71. The average Bonchev–Trinajstić information content (AvgIpc) is 2.67. The third-order valence-electron chi connectivity index (χ3n) is 5.35. The van der Waals surface area contributed by atoms with Crippen LogP contribution in [0.25, 0.3) is 0 Å². The first-order chi connectivity index (χ1) is 12.7. The van der Waals surface area contributed by atoms with Gasteiger partial charge in [-0.3, -0.25) is 4.99 Å². The molecule has 2 heterocycles. The number of benzene rings is 2. The van der Waals surface area contributed by atoms with Crippen LogP contribution in [0.3, 0.4) is 0 Å². The van der Waals surface area contributed by atoms with E-state index in [1.165, 1.54) is 5.56 Å². The van der Waals surface area contributed by atoms with Crippen molar-refractivity contribution in [3.05, 3.63) is 65.2 Å². The molecule has 134 valence electrons. The molecule has 0 unspecified atom stereocenters. The Morgan fingerprint density at radius 3 is 2.77 bits per heavy atom. The van der Waals surface area contributed by atoms with Gasteiger partial charge in [-0.05, 0) is 48.6 Å². The number of amidine groups is 1. The summed E-state index contributed by atoms with van der Waals surface area (Å²) in [7, 11) is 0. The standard InChI is InChI=1S/C21H22N2O3/c24-19(25)16-6-3-4-15(12-16)14-22-20-21(8-10-26-11-9-21)13-17-5-1-2-7-18(17)23-20/h1-7,12H,8-11,13-14H2,(H,22,23)(H,24,25). The molecular weight excluding hydrogens is 328 g/mol. The van der Waals surface area contributed by atoms with Crippen molar-refractivity contribution in [3.63, 3.8) is 0 Å². The van der Waals surface area contributed by atoms with E-state index in [0.29, 0.717) is 12.1 Å². The molecule has 2 aromatic rings. The fourth-order valence-electron chi connectivity index (χ4n) is 3.86. The highest BCUT2D eigenvalue weighted by Gasteiger charge is 2.41. The van der Waals surface area contributed by atoms with Gasteiger partial charge in [-0.1, -0.05) is 30.3 Å². The van der Waals surface area contributed by atoms with E-state index in [1.54, 1.807) is 18.2 Å². The van der Waals surface area contributed by atoms with Crippen LogP contribution in [-0.4, -0.2) is 30.1 Å². The van der Waals surface area contributed by atoms with Crippen molar-refractivity contribution in [2.24, 2.45) is 10.4 Å². The quantitative estimate of drug-likeness (QED) is 0.884. The van der Waals surface area contributed by atoms with Gasteiger partial charge in [0.2, 0.25) is 0 Å². The van der Waals surface area contributed by atoms with E-state index in [-0.39, 0.29) is 5.41 Å². The van der Waals surface area contributed by atoms with Crippen molar-refractivity contribution in [2.45, 2.75) is 25.8 Å². The number of hydrogen-bond acceptors (Lipinski definition) is 3. The molecule has 4 rings (SSSR count). The molecule has 1 saturated heterocycles. The molecule has 2 aliphatic heterocycles. The number of carboxylic acid groups (broad SMARTS) is 1. The largest absolute Gasteiger partial charge is 0.478 e. The molecule has 0 radical (unpaired) electrons. The zero-order chi connectivity index (χ0) is 18.0. The lowest BCUT2D eigenvalue weighted by molar-refractivity contribution is 0.0448. The molecule has 0 aromatic heterocycles. The number of aromatic carboxylic acids is 1. The smallest absolute Gasteiger partial charge is 0.335 e. The van der Waals surface area contributed by atoms with Gasteiger partial charge in [0.25, 0.3) is 0 Å². The number of carbonyl (C=O) groups is 1. The zero-order valence-electron chi connectivity index (χ0n) is 14.6. The van der Waals surface area contributed by atoms with E-state index in [9.17, 15) is 9.90 Å². The average molecular weight is 350 g/mol. The number of nitrogens with zero attached hydrogens (tertiary/aromatic N) is 1. The molecule has 0 bridgehead atoms. The minimum Gasteiger partial charge on any atom is -0.478 e. The Morgan fingerprint density at radius 1 is 1.15 bits per heavy atom. The second kappa shape index (κ2) is 6.92. The number of carboxylic acids is 1. The summed E-state index contributed by atoms with van der Waals surface area (Å²) in [5.74, 6) is 0.0883. The Kier molecular flexibility index (Phi) is 4.47. The summed E-state index contributed by atoms with van der Waals surface area (Å²) < 4.78 is 5.59. The van der Waals surface area contributed by atoms with Crippen molar-refractivity contribution in [2.75, 3.05) is 18.5 Å². The highest BCUT2D eigenvalue weighted by Crippen LogP contribution is 2.41. The van der Waals surface area contributed by atoms with E-state index in [0.717, 1.165) is 49.6 Å². The van der Waals surface area contributed by atoms with Crippen molar-refractivity contribution in [3.8, 4) is 0 Å². The van der Waals surface area contributed by atoms with Gasteiger partial charge in [-0.15, -0.1) is 0 Å². The number of nitrogens with one attached hydrogen (secondary N) is 1. The summed E-state index contributed by atoms with van der Waals surface area (Å²) in [6.45, 7) is 1.96. The van der Waals surface area contributed by atoms with Gasteiger partial charge in [0.15, 0.2) is 0 Å². The van der Waals surface area contributed by atoms with Crippen molar-refractivity contribution >= 4 is 17.5 Å². The minimum atomic E-state index is -0.912. The molecule has 0 amide bonds. The van der Waals surface area contributed by atoms with Crippen molar-refractivity contribution < 1.29 is 14.6 Å². The first kappa shape index (κ1) is 16.8. The molecule has 5 nitrogen and oxygen atoms in total. The van der Waals surface area contributed by atoms with Crippen LogP contribution in [0.15, 0.2) is 53.5 Å². The summed E-state index contributed by atoms with van der Waals surface area (Å²) in [6.07, 6.45) is 2.86. The van der Waals surface area contributed by atoms with Crippen LogP contribution in [0.1, 0.15) is 34.3 Å². The SMILES string of the molecule is O=C(O)c1cccc(CN=C2Nc3ccccc3CC23CCOCC3)c1. The molecule has 26 heavy (non-hydrogen) atoms. The zero-order valence-corrected chi connectivity index (χ0v) is 14.6. The van der Waals surface area contributed by atoms with Gasteiger partial charge in [0, 0.05) is 24.3 Å².